The van der Waals surface area contributed by atoms with Crippen LogP contribution in [-0.2, 0) is 17.0 Å². The Bertz CT molecular complexity index is 554. The number of carbonyl (C=O) groups excluding carboxylic acids is 1. The summed E-state index contributed by atoms with van der Waals surface area (Å²) in [6.07, 6.45) is -4.47. The van der Waals surface area contributed by atoms with Crippen LogP contribution < -0.4 is 10.6 Å². The van der Waals surface area contributed by atoms with E-state index in [1.165, 1.54) is 12.1 Å². The SMILES string of the molecule is CC(C)(C)NC(=O)NCC[S@@](=O)c1cccc(C(F)(F)F)c1. The number of benzene rings is 1. The van der Waals surface area contributed by atoms with E-state index in [-0.39, 0.29) is 17.2 Å². The molecule has 0 spiro atoms. The van der Waals surface area contributed by atoms with E-state index >= 15 is 0 Å². The first-order valence-corrected chi connectivity index (χ1v) is 7.92. The van der Waals surface area contributed by atoms with E-state index < -0.39 is 34.1 Å². The Hall–Kier alpha value is -1.57. The third kappa shape index (κ3) is 6.46. The Labute approximate surface area is 129 Å². The van der Waals surface area contributed by atoms with Crippen LogP contribution in [-0.4, -0.2) is 28.1 Å². The molecule has 4 nitrogen and oxygen atoms in total. The topological polar surface area (TPSA) is 58.2 Å². The second-order valence-electron chi connectivity index (χ2n) is 5.71. The summed E-state index contributed by atoms with van der Waals surface area (Å²) in [4.78, 5) is 11.6. The van der Waals surface area contributed by atoms with Crippen molar-refractivity contribution < 1.29 is 22.2 Å². The van der Waals surface area contributed by atoms with Gasteiger partial charge in [-0.3, -0.25) is 4.21 Å². The summed E-state index contributed by atoms with van der Waals surface area (Å²) in [5.74, 6) is 0.0405. The average molecular weight is 336 g/mol. The highest BCUT2D eigenvalue weighted by Crippen LogP contribution is 2.30. The van der Waals surface area contributed by atoms with Crippen LogP contribution in [0.15, 0.2) is 29.2 Å². The first-order chi connectivity index (χ1) is 9.99. The fourth-order valence-corrected chi connectivity index (χ4v) is 2.59. The number of hydrogen-bond acceptors (Lipinski definition) is 2. The van der Waals surface area contributed by atoms with Gasteiger partial charge in [-0.25, -0.2) is 4.79 Å². The first kappa shape index (κ1) is 18.5. The van der Waals surface area contributed by atoms with Crippen LogP contribution in [0.2, 0.25) is 0 Å². The lowest BCUT2D eigenvalue weighted by molar-refractivity contribution is -0.137. The van der Waals surface area contributed by atoms with E-state index in [1.54, 1.807) is 0 Å². The molecule has 0 bridgehead atoms. The summed E-state index contributed by atoms with van der Waals surface area (Å²) in [5, 5.41) is 5.18. The summed E-state index contributed by atoms with van der Waals surface area (Å²) in [6, 6.07) is 3.98. The van der Waals surface area contributed by atoms with Crippen molar-refractivity contribution in [1.29, 1.82) is 0 Å². The maximum atomic E-state index is 12.6. The van der Waals surface area contributed by atoms with E-state index in [1.807, 2.05) is 20.8 Å². The fourth-order valence-electron chi connectivity index (χ4n) is 1.57. The maximum absolute atomic E-state index is 12.6. The number of rotatable bonds is 4. The monoisotopic (exact) mass is 336 g/mol. The molecule has 0 aliphatic rings. The van der Waals surface area contributed by atoms with Crippen LogP contribution in [0.4, 0.5) is 18.0 Å². The molecule has 0 fully saturated rings. The Kier molecular flexibility index (Phi) is 5.99. The summed E-state index contributed by atoms with van der Waals surface area (Å²) in [6.45, 7) is 5.54. The highest BCUT2D eigenvalue weighted by molar-refractivity contribution is 7.85. The molecule has 0 saturated heterocycles. The zero-order valence-electron chi connectivity index (χ0n) is 12.6. The lowest BCUT2D eigenvalue weighted by atomic mass is 10.1. The quantitative estimate of drug-likeness (QED) is 0.888. The minimum Gasteiger partial charge on any atom is -0.337 e. The molecule has 22 heavy (non-hydrogen) atoms. The van der Waals surface area contributed by atoms with Crippen LogP contribution >= 0.6 is 0 Å². The van der Waals surface area contributed by atoms with Gasteiger partial charge in [-0.1, -0.05) is 6.07 Å². The number of amides is 2. The van der Waals surface area contributed by atoms with Gasteiger partial charge >= 0.3 is 12.2 Å². The van der Waals surface area contributed by atoms with Gasteiger partial charge in [0.1, 0.15) is 0 Å². The van der Waals surface area contributed by atoms with E-state index in [0.717, 1.165) is 12.1 Å². The summed E-state index contributed by atoms with van der Waals surface area (Å²) in [5.41, 5.74) is -1.23. The van der Waals surface area contributed by atoms with Crippen molar-refractivity contribution in [3.8, 4) is 0 Å². The molecule has 2 amide bonds. The smallest absolute Gasteiger partial charge is 0.337 e. The van der Waals surface area contributed by atoms with Gasteiger partial charge in [0.25, 0.3) is 0 Å². The molecule has 0 saturated carbocycles. The molecule has 2 N–H and O–H groups in total. The lowest BCUT2D eigenvalue weighted by Crippen LogP contribution is -2.47. The standard InChI is InChI=1S/C14H19F3N2O2S/c1-13(2,3)19-12(20)18-7-8-22(21)11-6-4-5-10(9-11)14(15,16)17/h4-6,9H,7-8H2,1-3H3,(H2,18,19,20)/t22-/m1/s1. The normalized spacial score (nSPS) is 13.5. The zero-order chi connectivity index (χ0) is 17.0. The van der Waals surface area contributed by atoms with Crippen LogP contribution in [0.1, 0.15) is 26.3 Å². The number of urea groups is 1. The van der Waals surface area contributed by atoms with E-state index in [4.69, 9.17) is 0 Å². The minimum absolute atomic E-state index is 0.0405. The molecule has 0 aliphatic heterocycles. The molecule has 1 rings (SSSR count). The van der Waals surface area contributed by atoms with Gasteiger partial charge < -0.3 is 10.6 Å². The molecule has 1 aromatic rings. The van der Waals surface area contributed by atoms with Gasteiger partial charge in [0.2, 0.25) is 0 Å². The molecule has 0 aliphatic carbocycles. The minimum atomic E-state index is -4.47. The summed E-state index contributed by atoms with van der Waals surface area (Å²) in [7, 11) is -1.61. The van der Waals surface area contributed by atoms with Gasteiger partial charge in [0.05, 0.1) is 16.4 Å². The predicted molar refractivity (Wildman–Crippen MR) is 79.0 cm³/mol. The van der Waals surface area contributed by atoms with Gasteiger partial charge in [-0.05, 0) is 39.0 Å². The number of halogens is 3. The van der Waals surface area contributed by atoms with Crippen LogP contribution in [0.3, 0.4) is 0 Å². The molecule has 0 heterocycles. The molecule has 0 aromatic heterocycles. The molecule has 0 radical (unpaired) electrons. The van der Waals surface area contributed by atoms with Crippen molar-refractivity contribution >= 4 is 16.8 Å². The molecular weight excluding hydrogens is 317 g/mol. The van der Waals surface area contributed by atoms with E-state index in [9.17, 15) is 22.2 Å². The van der Waals surface area contributed by atoms with Crippen molar-refractivity contribution in [2.45, 2.75) is 37.4 Å². The Morgan fingerprint density at radius 3 is 2.41 bits per heavy atom. The highest BCUT2D eigenvalue weighted by atomic mass is 32.2. The molecule has 0 unspecified atom stereocenters. The second-order valence-corrected chi connectivity index (χ2v) is 7.28. The largest absolute Gasteiger partial charge is 0.416 e. The first-order valence-electron chi connectivity index (χ1n) is 6.61. The van der Waals surface area contributed by atoms with Crippen molar-refractivity contribution in [2.24, 2.45) is 0 Å². The lowest BCUT2D eigenvalue weighted by Gasteiger charge is -2.20. The number of hydrogen-bond donors (Lipinski definition) is 2. The van der Waals surface area contributed by atoms with Gasteiger partial charge in [0, 0.05) is 22.7 Å². The number of nitrogens with one attached hydrogen (secondary N) is 2. The Balaban J connectivity index is 2.55. The van der Waals surface area contributed by atoms with E-state index in [2.05, 4.69) is 10.6 Å². The highest BCUT2D eigenvalue weighted by Gasteiger charge is 2.30. The van der Waals surface area contributed by atoms with Crippen molar-refractivity contribution in [1.82, 2.24) is 10.6 Å². The molecule has 1 aromatic carbocycles. The number of carbonyl (C=O) groups is 1. The predicted octanol–water partition coefficient (Wildman–Crippen LogP) is 2.91. The average Bonchev–Trinajstić information content (AvgIpc) is 2.35. The maximum Gasteiger partial charge on any atom is 0.416 e. The third-order valence-electron chi connectivity index (χ3n) is 2.49. The number of alkyl halides is 3. The van der Waals surface area contributed by atoms with Crippen LogP contribution in [0.25, 0.3) is 0 Å². The van der Waals surface area contributed by atoms with Crippen molar-refractivity contribution in [3.63, 3.8) is 0 Å². The fraction of sp³-hybridized carbons (Fsp3) is 0.500. The molecule has 124 valence electrons. The van der Waals surface area contributed by atoms with Crippen LogP contribution in [0, 0.1) is 0 Å². The van der Waals surface area contributed by atoms with Crippen molar-refractivity contribution in [3.05, 3.63) is 29.8 Å². The molecule has 1 atom stereocenters. The third-order valence-corrected chi connectivity index (χ3v) is 3.84. The summed E-state index contributed by atoms with van der Waals surface area (Å²) < 4.78 is 49.7. The van der Waals surface area contributed by atoms with Crippen LogP contribution in [0.5, 0.6) is 0 Å². The second kappa shape index (κ2) is 7.13. The van der Waals surface area contributed by atoms with E-state index in [0.29, 0.717) is 0 Å². The molecule has 8 heteroatoms. The van der Waals surface area contributed by atoms with Crippen molar-refractivity contribution in [2.75, 3.05) is 12.3 Å². The van der Waals surface area contributed by atoms with Gasteiger partial charge in [-0.2, -0.15) is 13.2 Å². The molecular formula is C14H19F3N2O2S. The Morgan fingerprint density at radius 1 is 1.23 bits per heavy atom. The Morgan fingerprint density at radius 2 is 1.86 bits per heavy atom. The summed E-state index contributed by atoms with van der Waals surface area (Å²) >= 11 is 0. The zero-order valence-corrected chi connectivity index (χ0v) is 13.4. The van der Waals surface area contributed by atoms with Gasteiger partial charge in [0.15, 0.2) is 0 Å². The van der Waals surface area contributed by atoms with Gasteiger partial charge in [-0.15, -0.1) is 0 Å².